The minimum absolute atomic E-state index is 1.18. The van der Waals surface area contributed by atoms with E-state index in [1.807, 2.05) is 0 Å². The Morgan fingerprint density at radius 1 is 0.484 bits per heavy atom. The number of hydrogen-bond acceptors (Lipinski definition) is 0. The molecule has 4 heteroatoms. The molecule has 0 saturated heterocycles. The highest BCUT2D eigenvalue weighted by atomic mass is 15.1. The van der Waals surface area contributed by atoms with Crippen LogP contribution in [0, 0.1) is 0 Å². The number of aromatic nitrogens is 4. The highest BCUT2D eigenvalue weighted by Gasteiger charge is 2.00. The Labute approximate surface area is 193 Å². The molecule has 0 saturated carbocycles. The first kappa shape index (κ1) is 27.5. The summed E-state index contributed by atoms with van der Waals surface area (Å²) < 4.78 is 8.75. The van der Waals surface area contributed by atoms with E-state index in [1.165, 1.54) is 109 Å². The van der Waals surface area contributed by atoms with Crippen molar-refractivity contribution in [1.29, 1.82) is 0 Å². The molecule has 0 aromatic carbocycles. The van der Waals surface area contributed by atoms with E-state index in [9.17, 15) is 0 Å². The van der Waals surface area contributed by atoms with Gasteiger partial charge in [-0.3, -0.25) is 0 Å². The van der Waals surface area contributed by atoms with Crippen LogP contribution < -0.4 is 9.13 Å². The molecule has 0 aliphatic carbocycles. The zero-order chi connectivity index (χ0) is 22.6. The van der Waals surface area contributed by atoms with Gasteiger partial charge < -0.3 is 0 Å². The van der Waals surface area contributed by atoms with Crippen LogP contribution in [0.1, 0.15) is 110 Å². The summed E-state index contributed by atoms with van der Waals surface area (Å²) in [7, 11) is 4.14. The number of aryl methyl sites for hydroxylation is 4. The van der Waals surface area contributed by atoms with Gasteiger partial charge in [0.1, 0.15) is 24.8 Å². The molecule has 0 N–H and O–H groups in total. The average molecular weight is 433 g/mol. The monoisotopic (exact) mass is 432 g/mol. The summed E-state index contributed by atoms with van der Waals surface area (Å²) in [4.78, 5) is 0. The first-order chi connectivity index (χ1) is 15.2. The molecule has 0 radical (unpaired) electrons. The lowest BCUT2D eigenvalue weighted by molar-refractivity contribution is -0.671. The van der Waals surface area contributed by atoms with E-state index >= 15 is 0 Å². The van der Waals surface area contributed by atoms with E-state index in [4.69, 9.17) is 0 Å². The molecule has 0 atom stereocenters. The molecule has 0 aliphatic rings. The fraction of sp³-hybridized carbons (Fsp3) is 0.778. The maximum Gasteiger partial charge on any atom is 0.243 e. The molecule has 2 rings (SSSR count). The molecule has 178 valence electrons. The van der Waals surface area contributed by atoms with Gasteiger partial charge in [0.25, 0.3) is 0 Å². The van der Waals surface area contributed by atoms with Crippen molar-refractivity contribution in [2.75, 3.05) is 0 Å². The quantitative estimate of drug-likeness (QED) is 0.200. The van der Waals surface area contributed by atoms with Crippen LogP contribution >= 0.6 is 0 Å². The minimum Gasteiger partial charge on any atom is -0.240 e. The Bertz CT molecular complexity index is 629. The second-order valence-electron chi connectivity index (χ2n) is 9.23. The van der Waals surface area contributed by atoms with Gasteiger partial charge in [-0.15, -0.1) is 0 Å². The van der Waals surface area contributed by atoms with Crippen LogP contribution in [0.4, 0.5) is 0 Å². The van der Waals surface area contributed by atoms with Crippen LogP contribution in [-0.2, 0) is 27.2 Å². The first-order valence-electron chi connectivity index (χ1n) is 13.2. The molecule has 0 fully saturated rings. The molecule has 0 spiro atoms. The molecular formula is C27H52N4+2. The Kier molecular flexibility index (Phi) is 16.9. The number of hydrogen-bond donors (Lipinski definition) is 0. The second-order valence-corrected chi connectivity index (χ2v) is 9.23. The van der Waals surface area contributed by atoms with Crippen LogP contribution in [0.15, 0.2) is 37.4 Å². The predicted octanol–water partition coefficient (Wildman–Crippen LogP) is 6.52. The van der Waals surface area contributed by atoms with E-state index in [2.05, 4.69) is 83.7 Å². The van der Waals surface area contributed by atoms with Crippen molar-refractivity contribution >= 4 is 0 Å². The zero-order valence-electron chi connectivity index (χ0n) is 21.3. The molecule has 0 aliphatic heterocycles. The molecule has 31 heavy (non-hydrogen) atoms. The average Bonchev–Trinajstić information content (AvgIpc) is 3.37. The Balaban J connectivity index is 0.000000311. The van der Waals surface area contributed by atoms with Gasteiger partial charge in [-0.2, -0.15) is 0 Å². The number of unbranched alkanes of at least 4 members (excludes halogenated alkanes) is 13. The number of nitrogens with zero attached hydrogens (tertiary/aromatic N) is 4. The third kappa shape index (κ3) is 15.8. The van der Waals surface area contributed by atoms with E-state index in [0.29, 0.717) is 0 Å². The van der Waals surface area contributed by atoms with Gasteiger partial charge in [0, 0.05) is 0 Å². The number of imidazole rings is 2. The summed E-state index contributed by atoms with van der Waals surface area (Å²) in [5.41, 5.74) is 0. The maximum atomic E-state index is 2.27. The lowest BCUT2D eigenvalue weighted by Gasteiger charge is -2.00. The summed E-state index contributed by atoms with van der Waals surface area (Å²) in [6.45, 7) is 6.90. The Morgan fingerprint density at radius 2 is 0.806 bits per heavy atom. The van der Waals surface area contributed by atoms with Crippen molar-refractivity contribution in [3.8, 4) is 0 Å². The summed E-state index contributed by atoms with van der Waals surface area (Å²) in [5.74, 6) is 0. The standard InChI is InChI=1S/C14H27N2.C13H25N2/c1-3-4-5-6-7-8-9-10-11-16-13-12-15(2)14-16;1-3-4-5-6-7-8-9-10-15-12-11-14(2)13-15/h12-14H,3-11H2,1-2H3;11-13H,3-10H2,1-2H3/q2*+1. The van der Waals surface area contributed by atoms with Crippen molar-refractivity contribution in [2.45, 2.75) is 123 Å². The summed E-state index contributed by atoms with van der Waals surface area (Å²) in [6, 6.07) is 0. The highest BCUT2D eigenvalue weighted by Crippen LogP contribution is 2.09. The first-order valence-corrected chi connectivity index (χ1v) is 13.2. The molecule has 2 aromatic rings. The Hall–Kier alpha value is -1.58. The van der Waals surface area contributed by atoms with Crippen molar-refractivity contribution in [3.05, 3.63) is 37.4 Å². The maximum absolute atomic E-state index is 2.27. The Morgan fingerprint density at radius 3 is 1.10 bits per heavy atom. The summed E-state index contributed by atoms with van der Waals surface area (Å²) in [5, 5.41) is 0. The van der Waals surface area contributed by atoms with Gasteiger partial charge in [0.05, 0.1) is 27.2 Å². The lowest BCUT2D eigenvalue weighted by Crippen LogP contribution is -2.23. The molecule has 2 aromatic heterocycles. The lowest BCUT2D eigenvalue weighted by atomic mass is 10.1. The number of rotatable bonds is 17. The molecule has 2 heterocycles. The normalized spacial score (nSPS) is 10.8. The van der Waals surface area contributed by atoms with Crippen molar-refractivity contribution in [1.82, 2.24) is 9.13 Å². The van der Waals surface area contributed by atoms with Crippen molar-refractivity contribution in [2.24, 2.45) is 14.1 Å². The largest absolute Gasteiger partial charge is 0.243 e. The molecule has 0 amide bonds. The van der Waals surface area contributed by atoms with Crippen LogP contribution in [0.5, 0.6) is 0 Å². The summed E-state index contributed by atoms with van der Waals surface area (Å²) in [6.07, 6.45) is 33.7. The van der Waals surface area contributed by atoms with Crippen LogP contribution in [0.2, 0.25) is 0 Å². The molecule has 0 bridgehead atoms. The fourth-order valence-corrected chi connectivity index (χ4v) is 3.95. The van der Waals surface area contributed by atoms with Gasteiger partial charge >= 0.3 is 0 Å². The van der Waals surface area contributed by atoms with Crippen LogP contribution in [0.3, 0.4) is 0 Å². The minimum atomic E-state index is 1.18. The summed E-state index contributed by atoms with van der Waals surface area (Å²) >= 11 is 0. The molecular weight excluding hydrogens is 380 g/mol. The topological polar surface area (TPSA) is 17.6 Å². The SMILES string of the molecule is CCCCCCCCCCn1cc[n+](C)c1.CCCCCCCCCn1cc[n+](C)c1. The van der Waals surface area contributed by atoms with Crippen LogP contribution in [0.25, 0.3) is 0 Å². The van der Waals surface area contributed by atoms with Gasteiger partial charge in [-0.1, -0.05) is 84.5 Å². The van der Waals surface area contributed by atoms with Gasteiger partial charge in [-0.25, -0.2) is 18.3 Å². The van der Waals surface area contributed by atoms with E-state index in [-0.39, 0.29) is 0 Å². The second kappa shape index (κ2) is 19.1. The van der Waals surface area contributed by atoms with Gasteiger partial charge in [0.2, 0.25) is 12.7 Å². The smallest absolute Gasteiger partial charge is 0.240 e. The predicted molar refractivity (Wildman–Crippen MR) is 132 cm³/mol. The third-order valence-corrected chi connectivity index (χ3v) is 5.94. The van der Waals surface area contributed by atoms with Crippen LogP contribution in [-0.4, -0.2) is 9.13 Å². The highest BCUT2D eigenvalue weighted by molar-refractivity contribution is 4.66. The van der Waals surface area contributed by atoms with Gasteiger partial charge in [0.15, 0.2) is 0 Å². The molecule has 0 unspecified atom stereocenters. The van der Waals surface area contributed by atoms with E-state index < -0.39 is 0 Å². The van der Waals surface area contributed by atoms with E-state index in [0.717, 1.165) is 0 Å². The molecule has 4 nitrogen and oxygen atoms in total. The van der Waals surface area contributed by atoms with Crippen molar-refractivity contribution < 1.29 is 9.13 Å². The zero-order valence-corrected chi connectivity index (χ0v) is 21.3. The van der Waals surface area contributed by atoms with Crippen molar-refractivity contribution in [3.63, 3.8) is 0 Å². The van der Waals surface area contributed by atoms with Gasteiger partial charge in [-0.05, 0) is 25.7 Å². The van der Waals surface area contributed by atoms with E-state index in [1.54, 1.807) is 0 Å². The fourth-order valence-electron chi connectivity index (χ4n) is 3.95. The third-order valence-electron chi connectivity index (χ3n) is 5.94.